The molecule has 0 fully saturated rings. The minimum absolute atomic E-state index is 1.07. The number of aliphatic imine (C=N–C) groups is 1. The molecule has 0 aliphatic rings. The van der Waals surface area contributed by atoms with E-state index in [1.165, 1.54) is 23.6 Å². The van der Waals surface area contributed by atoms with Crippen LogP contribution < -0.4 is 0 Å². The van der Waals surface area contributed by atoms with Gasteiger partial charge in [-0.05, 0) is 24.3 Å². The van der Waals surface area contributed by atoms with Gasteiger partial charge in [0, 0.05) is 11.6 Å². The van der Waals surface area contributed by atoms with Crippen LogP contribution in [-0.2, 0) is 0 Å². The smallest absolute Gasteiger partial charge is 0.0704 e. The minimum Gasteiger partial charge on any atom is -0.261 e. The van der Waals surface area contributed by atoms with Gasteiger partial charge in [-0.15, -0.1) is 0 Å². The highest BCUT2D eigenvalue weighted by atomic mass is 14.7. The Bertz CT molecular complexity index is 480. The Morgan fingerprint density at radius 3 is 2.75 bits per heavy atom. The molecule has 0 radical (unpaired) electrons. The number of benzene rings is 2. The van der Waals surface area contributed by atoms with Gasteiger partial charge in [-0.1, -0.05) is 49.7 Å². The van der Waals surface area contributed by atoms with Crippen molar-refractivity contribution >= 4 is 22.7 Å². The molecule has 2 rings (SSSR count). The van der Waals surface area contributed by atoms with E-state index >= 15 is 0 Å². The molecule has 82 valence electrons. The van der Waals surface area contributed by atoms with E-state index in [2.05, 4.69) is 54.4 Å². The highest BCUT2D eigenvalue weighted by Crippen LogP contribution is 2.25. The number of unbranched alkanes of at least 4 members (excludes halogenated alkanes) is 2. The second kappa shape index (κ2) is 5.45. The van der Waals surface area contributed by atoms with Gasteiger partial charge in [0.25, 0.3) is 0 Å². The summed E-state index contributed by atoms with van der Waals surface area (Å²) in [5.74, 6) is 0. The zero-order valence-corrected chi connectivity index (χ0v) is 9.69. The molecule has 0 heterocycles. The van der Waals surface area contributed by atoms with E-state index in [0.29, 0.717) is 0 Å². The summed E-state index contributed by atoms with van der Waals surface area (Å²) in [5.41, 5.74) is 1.08. The number of hydrogen-bond acceptors (Lipinski definition) is 1. The molecule has 2 aromatic carbocycles. The molecule has 0 aliphatic heterocycles. The van der Waals surface area contributed by atoms with Gasteiger partial charge in [-0.3, -0.25) is 4.99 Å². The monoisotopic (exact) mass is 211 g/mol. The minimum atomic E-state index is 1.07. The van der Waals surface area contributed by atoms with Crippen LogP contribution in [0.5, 0.6) is 0 Å². The van der Waals surface area contributed by atoms with E-state index in [4.69, 9.17) is 0 Å². The molecule has 1 nitrogen and oxygen atoms in total. The third-order valence-corrected chi connectivity index (χ3v) is 2.68. The van der Waals surface area contributed by atoms with Crippen molar-refractivity contribution in [2.75, 3.05) is 0 Å². The van der Waals surface area contributed by atoms with Gasteiger partial charge in [0.2, 0.25) is 0 Å². The predicted octanol–water partition coefficient (Wildman–Crippen LogP) is 4.73. The molecule has 0 saturated carbocycles. The first-order valence-corrected chi connectivity index (χ1v) is 5.92. The van der Waals surface area contributed by atoms with Crippen molar-refractivity contribution in [3.05, 3.63) is 42.5 Å². The first-order valence-electron chi connectivity index (χ1n) is 5.92. The van der Waals surface area contributed by atoms with Crippen molar-refractivity contribution in [1.82, 2.24) is 0 Å². The van der Waals surface area contributed by atoms with E-state index in [1.807, 2.05) is 6.21 Å². The summed E-state index contributed by atoms with van der Waals surface area (Å²) in [6.07, 6.45) is 5.54. The molecule has 16 heavy (non-hydrogen) atoms. The van der Waals surface area contributed by atoms with E-state index in [-0.39, 0.29) is 0 Å². The second-order valence-electron chi connectivity index (χ2n) is 3.95. The lowest BCUT2D eigenvalue weighted by molar-refractivity contribution is 0.843. The lowest BCUT2D eigenvalue weighted by Gasteiger charge is -2.00. The molecule has 2 aromatic rings. The molecule has 0 bridgehead atoms. The quantitative estimate of drug-likeness (QED) is 0.512. The van der Waals surface area contributed by atoms with E-state index < -0.39 is 0 Å². The SMILES string of the molecule is CCCCC=Nc1cccc2ccccc12. The van der Waals surface area contributed by atoms with Crippen LogP contribution >= 0.6 is 0 Å². The summed E-state index contributed by atoms with van der Waals surface area (Å²) in [4.78, 5) is 4.55. The molecule has 0 atom stereocenters. The molecule has 1 heteroatoms. The lowest BCUT2D eigenvalue weighted by Crippen LogP contribution is -1.77. The summed E-state index contributed by atoms with van der Waals surface area (Å²) in [6, 6.07) is 14.6. The Balaban J connectivity index is 2.27. The number of rotatable bonds is 4. The first-order chi connectivity index (χ1) is 7.92. The van der Waals surface area contributed by atoms with Crippen molar-refractivity contribution < 1.29 is 0 Å². The molecule has 0 spiro atoms. The number of nitrogens with zero attached hydrogens (tertiary/aromatic N) is 1. The van der Waals surface area contributed by atoms with Crippen molar-refractivity contribution in [3.8, 4) is 0 Å². The maximum absolute atomic E-state index is 4.55. The van der Waals surface area contributed by atoms with Gasteiger partial charge in [0.15, 0.2) is 0 Å². The van der Waals surface area contributed by atoms with Crippen molar-refractivity contribution in [2.24, 2.45) is 4.99 Å². The van der Waals surface area contributed by atoms with Crippen LogP contribution in [0.15, 0.2) is 47.5 Å². The fourth-order valence-corrected chi connectivity index (χ4v) is 1.78. The molecular formula is C15H17N. The summed E-state index contributed by atoms with van der Waals surface area (Å²) in [6.45, 7) is 2.20. The lowest BCUT2D eigenvalue weighted by atomic mass is 10.1. The van der Waals surface area contributed by atoms with E-state index in [0.717, 1.165) is 12.1 Å². The van der Waals surface area contributed by atoms with Gasteiger partial charge in [0.05, 0.1) is 5.69 Å². The van der Waals surface area contributed by atoms with E-state index in [9.17, 15) is 0 Å². The summed E-state index contributed by atoms with van der Waals surface area (Å²) in [7, 11) is 0. The van der Waals surface area contributed by atoms with Gasteiger partial charge < -0.3 is 0 Å². The fourth-order valence-electron chi connectivity index (χ4n) is 1.78. The normalized spacial score (nSPS) is 11.3. The maximum atomic E-state index is 4.55. The first kappa shape index (κ1) is 10.9. The maximum Gasteiger partial charge on any atom is 0.0704 e. The van der Waals surface area contributed by atoms with Gasteiger partial charge in [0.1, 0.15) is 0 Å². The van der Waals surface area contributed by atoms with Crippen LogP contribution in [0, 0.1) is 0 Å². The third kappa shape index (κ3) is 2.48. The van der Waals surface area contributed by atoms with Crippen LogP contribution in [0.25, 0.3) is 10.8 Å². The van der Waals surface area contributed by atoms with Gasteiger partial charge >= 0.3 is 0 Å². The van der Waals surface area contributed by atoms with Crippen molar-refractivity contribution in [1.29, 1.82) is 0 Å². The largest absolute Gasteiger partial charge is 0.261 e. The van der Waals surface area contributed by atoms with Gasteiger partial charge in [-0.2, -0.15) is 0 Å². The molecule has 0 amide bonds. The van der Waals surface area contributed by atoms with Crippen LogP contribution in [-0.4, -0.2) is 6.21 Å². The van der Waals surface area contributed by atoms with E-state index in [1.54, 1.807) is 0 Å². The van der Waals surface area contributed by atoms with Crippen molar-refractivity contribution in [3.63, 3.8) is 0 Å². The Labute approximate surface area is 96.8 Å². The predicted molar refractivity (Wildman–Crippen MR) is 71.6 cm³/mol. The average Bonchev–Trinajstić information content (AvgIpc) is 2.35. The second-order valence-corrected chi connectivity index (χ2v) is 3.95. The Morgan fingerprint density at radius 1 is 1.06 bits per heavy atom. The molecular weight excluding hydrogens is 194 g/mol. The highest BCUT2D eigenvalue weighted by Gasteiger charge is 1.96. The Kier molecular flexibility index (Phi) is 3.71. The van der Waals surface area contributed by atoms with Crippen LogP contribution in [0.3, 0.4) is 0 Å². The van der Waals surface area contributed by atoms with Gasteiger partial charge in [-0.25, -0.2) is 0 Å². The Hall–Kier alpha value is -1.63. The fraction of sp³-hybridized carbons (Fsp3) is 0.267. The summed E-state index contributed by atoms with van der Waals surface area (Å²) < 4.78 is 0. The standard InChI is InChI=1S/C15H17N/c1-2-3-6-12-16-15-11-7-9-13-8-4-5-10-14(13)15/h4-5,7-12H,2-3,6H2,1H3. The zero-order valence-electron chi connectivity index (χ0n) is 9.69. The number of fused-ring (bicyclic) bond motifs is 1. The topological polar surface area (TPSA) is 12.4 Å². The molecule has 0 aliphatic carbocycles. The summed E-state index contributed by atoms with van der Waals surface area (Å²) >= 11 is 0. The molecule has 0 unspecified atom stereocenters. The number of hydrogen-bond donors (Lipinski definition) is 0. The summed E-state index contributed by atoms with van der Waals surface area (Å²) in [5, 5.41) is 2.49. The highest BCUT2D eigenvalue weighted by molar-refractivity contribution is 5.93. The third-order valence-electron chi connectivity index (χ3n) is 2.68. The zero-order chi connectivity index (χ0) is 11.2. The Morgan fingerprint density at radius 2 is 1.88 bits per heavy atom. The van der Waals surface area contributed by atoms with Crippen LogP contribution in [0.2, 0.25) is 0 Å². The average molecular weight is 211 g/mol. The van der Waals surface area contributed by atoms with Crippen LogP contribution in [0.4, 0.5) is 5.69 Å². The van der Waals surface area contributed by atoms with Crippen molar-refractivity contribution in [2.45, 2.75) is 26.2 Å². The molecule has 0 N–H and O–H groups in total. The van der Waals surface area contributed by atoms with Crippen LogP contribution in [0.1, 0.15) is 26.2 Å². The molecule has 0 aromatic heterocycles. The molecule has 0 saturated heterocycles.